The van der Waals surface area contributed by atoms with Crippen molar-refractivity contribution in [3.05, 3.63) is 0 Å². The number of hydrogen-bond acceptors (Lipinski definition) is 4. The highest BCUT2D eigenvalue weighted by Gasteiger charge is 2.27. The maximum Gasteiger partial charge on any atom is 0.325 e. The van der Waals surface area contributed by atoms with Gasteiger partial charge in [0.15, 0.2) is 5.96 Å². The van der Waals surface area contributed by atoms with Crippen LogP contribution in [0.3, 0.4) is 0 Å². The van der Waals surface area contributed by atoms with Gasteiger partial charge in [-0.1, -0.05) is 64.7 Å². The molecular weight excluding hydrogens is 351 g/mol. The first-order chi connectivity index (χ1) is 13.2. The van der Waals surface area contributed by atoms with Crippen molar-refractivity contribution in [2.24, 2.45) is 0 Å². The zero-order valence-electron chi connectivity index (χ0n) is 18.9. The molecular formula is C19H40B3N3O3. The van der Waals surface area contributed by atoms with Gasteiger partial charge in [-0.3, -0.25) is 20.3 Å². The number of carbonyl (C=O) groups excluding carboxylic acids is 2. The molecule has 0 saturated heterocycles. The highest BCUT2D eigenvalue weighted by atomic mass is 16.5. The van der Waals surface area contributed by atoms with E-state index in [-0.39, 0.29) is 18.4 Å². The Morgan fingerprint density at radius 3 is 1.89 bits per heavy atom. The Morgan fingerprint density at radius 1 is 0.929 bits per heavy atom. The van der Waals surface area contributed by atoms with Gasteiger partial charge in [-0.25, -0.2) is 0 Å². The first-order valence-electron chi connectivity index (χ1n) is 11.0. The van der Waals surface area contributed by atoms with Gasteiger partial charge in [0.25, 0.3) is 0 Å². The van der Waals surface area contributed by atoms with Crippen LogP contribution >= 0.6 is 0 Å². The van der Waals surface area contributed by atoms with E-state index < -0.39 is 11.2 Å². The van der Waals surface area contributed by atoms with Crippen molar-refractivity contribution in [1.29, 1.82) is 5.41 Å². The summed E-state index contributed by atoms with van der Waals surface area (Å²) in [6, 6.07) is 0. The minimum atomic E-state index is -0.464. The molecule has 158 valence electrons. The molecule has 1 amide bonds. The predicted molar refractivity (Wildman–Crippen MR) is 124 cm³/mol. The van der Waals surface area contributed by atoms with Crippen LogP contribution in [0.25, 0.3) is 0 Å². The fourth-order valence-electron chi connectivity index (χ4n) is 3.02. The van der Waals surface area contributed by atoms with Crippen LogP contribution in [0.15, 0.2) is 0 Å². The zero-order valence-corrected chi connectivity index (χ0v) is 18.9. The van der Waals surface area contributed by atoms with Gasteiger partial charge in [-0.2, -0.15) is 0 Å². The summed E-state index contributed by atoms with van der Waals surface area (Å²) in [6.07, 6.45) is 12.6. The summed E-state index contributed by atoms with van der Waals surface area (Å²) >= 11 is 0. The topological polar surface area (TPSA) is 82.5 Å². The third kappa shape index (κ3) is 13.7. The SMILES string of the molecule is BC(B)(B)N(CC(=O)OCC)C(=N)NC(=O)CCCCCCCCCCCC. The highest BCUT2D eigenvalue weighted by Crippen LogP contribution is 2.11. The van der Waals surface area contributed by atoms with Crippen molar-refractivity contribution in [1.82, 2.24) is 10.2 Å². The Morgan fingerprint density at radius 2 is 1.43 bits per heavy atom. The van der Waals surface area contributed by atoms with Crippen molar-refractivity contribution in [3.63, 3.8) is 0 Å². The first-order valence-corrected chi connectivity index (χ1v) is 11.0. The van der Waals surface area contributed by atoms with Crippen LogP contribution in [-0.2, 0) is 14.3 Å². The molecule has 0 aromatic carbocycles. The van der Waals surface area contributed by atoms with E-state index in [0.717, 1.165) is 19.3 Å². The van der Waals surface area contributed by atoms with Gasteiger partial charge < -0.3 is 9.64 Å². The lowest BCUT2D eigenvalue weighted by Crippen LogP contribution is -2.59. The summed E-state index contributed by atoms with van der Waals surface area (Å²) in [5, 5.41) is 10.3. The Labute approximate surface area is 174 Å². The standard InChI is InChI=1S/C19H40B3N3O3/c1-3-5-6-7-8-9-10-11-12-13-14-16(26)24-18(23)25(19(20,21)22)15-17(27)28-4-2/h3-15,20-22H2,1-2H3,(H2,23,24,26). The molecule has 0 aliphatic carbocycles. The fourth-order valence-corrected chi connectivity index (χ4v) is 3.02. The summed E-state index contributed by atoms with van der Waals surface area (Å²) in [5.41, 5.74) is 0. The van der Waals surface area contributed by atoms with Crippen LogP contribution in [0.5, 0.6) is 0 Å². The van der Waals surface area contributed by atoms with E-state index in [1.54, 1.807) is 11.8 Å². The summed E-state index contributed by atoms with van der Waals surface area (Å²) in [5.74, 6) is -0.605. The molecule has 28 heavy (non-hydrogen) atoms. The van der Waals surface area contributed by atoms with E-state index in [1.165, 1.54) is 44.9 Å². The monoisotopic (exact) mass is 391 g/mol. The van der Waals surface area contributed by atoms with E-state index in [0.29, 0.717) is 13.0 Å². The Balaban J connectivity index is 4.05. The number of amides is 1. The molecule has 2 N–H and O–H groups in total. The normalized spacial score (nSPS) is 11.1. The second-order valence-corrected chi connectivity index (χ2v) is 8.39. The Kier molecular flexibility index (Phi) is 14.7. The van der Waals surface area contributed by atoms with Gasteiger partial charge >= 0.3 is 5.97 Å². The van der Waals surface area contributed by atoms with Gasteiger partial charge in [0.05, 0.1) is 6.61 Å². The summed E-state index contributed by atoms with van der Waals surface area (Å²) in [7, 11) is 5.69. The molecule has 0 atom stereocenters. The second kappa shape index (κ2) is 15.5. The number of nitrogens with one attached hydrogen (secondary N) is 2. The van der Waals surface area contributed by atoms with Crippen LogP contribution in [-0.4, -0.2) is 64.7 Å². The summed E-state index contributed by atoms with van der Waals surface area (Å²) in [6.45, 7) is 4.24. The average Bonchev–Trinajstić information content (AvgIpc) is 2.60. The van der Waals surface area contributed by atoms with Gasteiger partial charge in [0, 0.05) is 6.42 Å². The summed E-state index contributed by atoms with van der Waals surface area (Å²) < 4.78 is 4.97. The van der Waals surface area contributed by atoms with E-state index in [2.05, 4.69) is 12.2 Å². The quantitative estimate of drug-likeness (QED) is 0.142. The minimum Gasteiger partial charge on any atom is -0.465 e. The zero-order chi connectivity index (χ0) is 21.4. The second-order valence-electron chi connectivity index (χ2n) is 8.39. The molecule has 0 radical (unpaired) electrons. The van der Waals surface area contributed by atoms with Crippen LogP contribution in [0, 0.1) is 5.41 Å². The van der Waals surface area contributed by atoms with Crippen LogP contribution < -0.4 is 5.32 Å². The van der Waals surface area contributed by atoms with Gasteiger partial charge in [-0.05, 0) is 18.6 Å². The van der Waals surface area contributed by atoms with Crippen LogP contribution in [0.1, 0.15) is 84.5 Å². The molecule has 0 heterocycles. The molecule has 0 spiro atoms. The number of hydrogen-bond donors (Lipinski definition) is 2. The van der Waals surface area contributed by atoms with E-state index in [9.17, 15) is 9.59 Å². The van der Waals surface area contributed by atoms with E-state index in [4.69, 9.17) is 10.1 Å². The molecule has 0 saturated carbocycles. The lowest BCUT2D eigenvalue weighted by atomic mass is 9.48. The molecule has 9 heteroatoms. The number of nitrogens with zero attached hydrogens (tertiary/aromatic N) is 1. The third-order valence-electron chi connectivity index (χ3n) is 4.69. The van der Waals surface area contributed by atoms with Gasteiger partial charge in [0.2, 0.25) is 5.91 Å². The number of unbranched alkanes of at least 4 members (excludes halogenated alkanes) is 9. The molecule has 0 aliphatic rings. The fraction of sp³-hybridized carbons (Fsp3) is 0.842. The maximum absolute atomic E-state index is 12.1. The van der Waals surface area contributed by atoms with Crippen molar-refractivity contribution in [2.45, 2.75) is 89.7 Å². The number of esters is 1. The van der Waals surface area contributed by atoms with Gasteiger partial charge in [-0.15, -0.1) is 0 Å². The van der Waals surface area contributed by atoms with Crippen molar-refractivity contribution in [3.8, 4) is 0 Å². The minimum absolute atomic E-state index is 0.0439. The molecule has 0 aromatic heterocycles. The molecule has 0 fully saturated rings. The van der Waals surface area contributed by atoms with Crippen LogP contribution in [0.2, 0.25) is 0 Å². The third-order valence-corrected chi connectivity index (χ3v) is 4.69. The number of guanidine groups is 1. The van der Waals surface area contributed by atoms with Crippen molar-refractivity contribution in [2.75, 3.05) is 13.2 Å². The van der Waals surface area contributed by atoms with E-state index in [1.807, 2.05) is 23.5 Å². The number of rotatable bonds is 15. The Hall–Kier alpha value is -1.40. The maximum atomic E-state index is 12.1. The molecule has 0 bridgehead atoms. The number of carbonyl (C=O) groups is 2. The predicted octanol–water partition coefficient (Wildman–Crippen LogP) is 0.724. The lowest BCUT2D eigenvalue weighted by molar-refractivity contribution is -0.143. The molecule has 6 nitrogen and oxygen atoms in total. The molecule has 0 unspecified atom stereocenters. The van der Waals surface area contributed by atoms with Crippen LogP contribution in [0.4, 0.5) is 0 Å². The highest BCUT2D eigenvalue weighted by molar-refractivity contribution is 6.59. The first kappa shape index (κ1) is 26.6. The van der Waals surface area contributed by atoms with Gasteiger partial charge in [0.1, 0.15) is 30.1 Å². The average molecular weight is 391 g/mol. The summed E-state index contributed by atoms with van der Waals surface area (Å²) in [4.78, 5) is 25.5. The van der Waals surface area contributed by atoms with E-state index >= 15 is 0 Å². The number of ether oxygens (including phenoxy) is 1. The largest absolute Gasteiger partial charge is 0.465 e. The lowest BCUT2D eigenvalue weighted by Gasteiger charge is -2.37. The molecule has 0 aliphatic heterocycles. The van der Waals surface area contributed by atoms with Crippen molar-refractivity contribution < 1.29 is 14.3 Å². The Bertz CT molecular complexity index is 471. The van der Waals surface area contributed by atoms with Crippen molar-refractivity contribution >= 4 is 41.4 Å². The molecule has 0 rings (SSSR count). The molecule has 0 aromatic rings. The smallest absolute Gasteiger partial charge is 0.325 e.